The van der Waals surface area contributed by atoms with Crippen LogP contribution in [0.4, 0.5) is 0 Å². The molecule has 1 N–H and O–H groups in total. The third-order valence-electron chi connectivity index (χ3n) is 3.53. The summed E-state index contributed by atoms with van der Waals surface area (Å²) in [7, 11) is 8.54. The van der Waals surface area contributed by atoms with Crippen molar-refractivity contribution in [3.63, 3.8) is 0 Å². The van der Waals surface area contributed by atoms with E-state index in [-0.39, 0.29) is 0 Å². The highest BCUT2D eigenvalue weighted by atomic mass is 15.2. The first kappa shape index (κ1) is 13.9. The van der Waals surface area contributed by atoms with E-state index in [1.165, 1.54) is 45.7 Å². The molecule has 1 unspecified atom stereocenters. The van der Waals surface area contributed by atoms with Gasteiger partial charge in [0.2, 0.25) is 0 Å². The number of nitrogens with one attached hydrogen (secondary N) is 1. The molecule has 0 radical (unpaired) electrons. The lowest BCUT2D eigenvalue weighted by Crippen LogP contribution is -2.42. The summed E-state index contributed by atoms with van der Waals surface area (Å²) in [6.45, 7) is 7.40. The first-order valence-corrected chi connectivity index (χ1v) is 6.34. The summed E-state index contributed by atoms with van der Waals surface area (Å²) in [5.74, 6) is 0. The molecule has 4 nitrogen and oxygen atoms in total. The Hall–Kier alpha value is -0.160. The molecule has 0 spiro atoms. The Labute approximate surface area is 101 Å². The second-order valence-corrected chi connectivity index (χ2v) is 5.14. The van der Waals surface area contributed by atoms with Gasteiger partial charge in [-0.05, 0) is 41.2 Å². The summed E-state index contributed by atoms with van der Waals surface area (Å²) in [5, 5.41) is 3.25. The maximum absolute atomic E-state index is 3.25. The average Bonchev–Trinajstić information content (AvgIpc) is 2.70. The van der Waals surface area contributed by atoms with Crippen LogP contribution in [0.2, 0.25) is 0 Å². The number of hydrogen-bond donors (Lipinski definition) is 1. The van der Waals surface area contributed by atoms with E-state index in [1.807, 2.05) is 7.05 Å². The van der Waals surface area contributed by atoms with Crippen molar-refractivity contribution in [3.8, 4) is 0 Å². The lowest BCUT2D eigenvalue weighted by atomic mass is 10.3. The fraction of sp³-hybridized carbons (Fsp3) is 1.00. The molecule has 96 valence electrons. The highest BCUT2D eigenvalue weighted by molar-refractivity contribution is 4.76. The van der Waals surface area contributed by atoms with Gasteiger partial charge in [0.15, 0.2) is 0 Å². The fourth-order valence-corrected chi connectivity index (χ4v) is 2.08. The number of hydrogen-bond acceptors (Lipinski definition) is 4. The molecule has 4 heteroatoms. The number of likely N-dealkylation sites (tertiary alicyclic amines) is 1. The zero-order chi connectivity index (χ0) is 12.0. The van der Waals surface area contributed by atoms with Crippen molar-refractivity contribution in [3.05, 3.63) is 0 Å². The van der Waals surface area contributed by atoms with Crippen LogP contribution in [0.25, 0.3) is 0 Å². The molecule has 0 aromatic heterocycles. The van der Waals surface area contributed by atoms with E-state index in [9.17, 15) is 0 Å². The van der Waals surface area contributed by atoms with Gasteiger partial charge in [-0.15, -0.1) is 0 Å². The number of piperazine rings is 1. The van der Waals surface area contributed by atoms with E-state index >= 15 is 0 Å². The predicted octanol–water partition coefficient (Wildman–Crippen LogP) is -0.226. The summed E-state index contributed by atoms with van der Waals surface area (Å²) in [4.78, 5) is 7.07. The Morgan fingerprint density at radius 1 is 0.812 bits per heavy atom. The molecule has 0 aliphatic carbocycles. The second kappa shape index (κ2) is 7.22. The summed E-state index contributed by atoms with van der Waals surface area (Å²) in [5.41, 5.74) is 0. The molecule has 0 amide bonds. The molecule has 16 heavy (non-hydrogen) atoms. The highest BCUT2D eigenvalue weighted by Crippen LogP contribution is 2.04. The van der Waals surface area contributed by atoms with Crippen molar-refractivity contribution >= 4 is 0 Å². The number of nitrogens with zero attached hydrogens (tertiary/aromatic N) is 3. The Morgan fingerprint density at radius 3 is 1.56 bits per heavy atom. The molecule has 2 rings (SSSR count). The standard InChI is InChI=1S/2C6H14N2/c1-7-3-5-8(2)6-4-7;1-7-6-3-4-8(2)5-6/h3-6H2,1-2H3;6-7H,3-5H2,1-2H3. The van der Waals surface area contributed by atoms with Crippen LogP contribution in [0.15, 0.2) is 0 Å². The molecule has 0 aromatic carbocycles. The minimum atomic E-state index is 0.750. The molecule has 2 fully saturated rings. The molecule has 2 heterocycles. The molecule has 0 saturated carbocycles. The van der Waals surface area contributed by atoms with Crippen LogP contribution < -0.4 is 5.32 Å². The van der Waals surface area contributed by atoms with Crippen LogP contribution in [-0.4, -0.2) is 88.2 Å². The van der Waals surface area contributed by atoms with E-state index in [0.717, 1.165) is 6.04 Å². The van der Waals surface area contributed by atoms with E-state index in [4.69, 9.17) is 0 Å². The van der Waals surface area contributed by atoms with Gasteiger partial charge in [-0.25, -0.2) is 0 Å². The van der Waals surface area contributed by atoms with Crippen molar-refractivity contribution in [1.82, 2.24) is 20.0 Å². The number of rotatable bonds is 1. The first-order valence-electron chi connectivity index (χ1n) is 6.34. The van der Waals surface area contributed by atoms with Crippen LogP contribution in [-0.2, 0) is 0 Å². The SMILES string of the molecule is CN1CCN(C)CC1.CNC1CCN(C)C1. The quantitative estimate of drug-likeness (QED) is 0.669. The molecular weight excluding hydrogens is 200 g/mol. The maximum Gasteiger partial charge on any atom is 0.0204 e. The van der Waals surface area contributed by atoms with Gasteiger partial charge in [-0.1, -0.05) is 0 Å². The zero-order valence-corrected chi connectivity index (χ0v) is 11.4. The van der Waals surface area contributed by atoms with Crippen molar-refractivity contribution in [2.75, 3.05) is 67.5 Å². The third kappa shape index (κ3) is 5.25. The lowest BCUT2D eigenvalue weighted by molar-refractivity contribution is 0.181. The molecule has 1 atom stereocenters. The molecule has 0 bridgehead atoms. The van der Waals surface area contributed by atoms with Gasteiger partial charge in [-0.3, -0.25) is 0 Å². The van der Waals surface area contributed by atoms with E-state index in [0.29, 0.717) is 0 Å². The van der Waals surface area contributed by atoms with Gasteiger partial charge < -0.3 is 20.0 Å². The summed E-state index contributed by atoms with van der Waals surface area (Å²) < 4.78 is 0. The average molecular weight is 228 g/mol. The summed E-state index contributed by atoms with van der Waals surface area (Å²) in [6.07, 6.45) is 1.31. The monoisotopic (exact) mass is 228 g/mol. The molecule has 2 aliphatic heterocycles. The molecular formula is C12H28N4. The van der Waals surface area contributed by atoms with Crippen LogP contribution in [0.5, 0.6) is 0 Å². The topological polar surface area (TPSA) is 21.8 Å². The Balaban J connectivity index is 0.000000160. The van der Waals surface area contributed by atoms with Crippen LogP contribution in [0.3, 0.4) is 0 Å². The van der Waals surface area contributed by atoms with Crippen molar-refractivity contribution in [1.29, 1.82) is 0 Å². The normalized spacial score (nSPS) is 28.9. The summed E-state index contributed by atoms with van der Waals surface area (Å²) in [6, 6.07) is 0.750. The van der Waals surface area contributed by atoms with Crippen LogP contribution in [0, 0.1) is 0 Å². The molecule has 2 saturated heterocycles. The first-order chi connectivity index (χ1) is 7.61. The van der Waals surface area contributed by atoms with Crippen molar-refractivity contribution in [2.24, 2.45) is 0 Å². The minimum absolute atomic E-state index is 0.750. The number of likely N-dealkylation sites (N-methyl/N-ethyl adjacent to an activating group) is 4. The molecule has 2 aliphatic rings. The smallest absolute Gasteiger partial charge is 0.0204 e. The fourth-order valence-electron chi connectivity index (χ4n) is 2.08. The predicted molar refractivity (Wildman–Crippen MR) is 70.0 cm³/mol. The van der Waals surface area contributed by atoms with Gasteiger partial charge in [0.05, 0.1) is 0 Å². The Kier molecular flexibility index (Phi) is 6.28. The summed E-state index contributed by atoms with van der Waals surface area (Å²) >= 11 is 0. The third-order valence-corrected chi connectivity index (χ3v) is 3.53. The van der Waals surface area contributed by atoms with Gasteiger partial charge in [-0.2, -0.15) is 0 Å². The lowest BCUT2D eigenvalue weighted by Gasteiger charge is -2.28. The van der Waals surface area contributed by atoms with E-state index in [2.05, 4.69) is 41.2 Å². The molecule has 0 aromatic rings. The van der Waals surface area contributed by atoms with Gasteiger partial charge >= 0.3 is 0 Å². The van der Waals surface area contributed by atoms with Gasteiger partial charge in [0.1, 0.15) is 0 Å². The van der Waals surface area contributed by atoms with E-state index < -0.39 is 0 Å². The van der Waals surface area contributed by atoms with Gasteiger partial charge in [0, 0.05) is 38.8 Å². The van der Waals surface area contributed by atoms with Crippen LogP contribution in [0.1, 0.15) is 6.42 Å². The highest BCUT2D eigenvalue weighted by Gasteiger charge is 2.16. The zero-order valence-electron chi connectivity index (χ0n) is 11.4. The van der Waals surface area contributed by atoms with Crippen molar-refractivity contribution in [2.45, 2.75) is 12.5 Å². The van der Waals surface area contributed by atoms with E-state index in [1.54, 1.807) is 0 Å². The Bertz CT molecular complexity index is 168. The van der Waals surface area contributed by atoms with Crippen LogP contribution >= 0.6 is 0 Å². The maximum atomic E-state index is 3.25. The van der Waals surface area contributed by atoms with Crippen molar-refractivity contribution < 1.29 is 0 Å². The second-order valence-electron chi connectivity index (χ2n) is 5.14. The van der Waals surface area contributed by atoms with Gasteiger partial charge in [0.25, 0.3) is 0 Å². The minimum Gasteiger partial charge on any atom is -0.316 e. The largest absolute Gasteiger partial charge is 0.316 e. The Morgan fingerprint density at radius 2 is 1.31 bits per heavy atom.